The zero-order chi connectivity index (χ0) is 16.5. The third-order valence-corrected chi connectivity index (χ3v) is 3.60. The number of rotatable bonds is 8. The molecule has 0 aliphatic rings. The number of esters is 2. The Morgan fingerprint density at radius 3 is 2.09 bits per heavy atom. The molecule has 0 aliphatic carbocycles. The van der Waals surface area contributed by atoms with Gasteiger partial charge in [-0.3, -0.25) is 9.59 Å². The molecule has 0 spiro atoms. The molecule has 0 amide bonds. The number of carbonyl (C=O) groups is 2. The van der Waals surface area contributed by atoms with Gasteiger partial charge in [-0.25, -0.2) is 0 Å². The van der Waals surface area contributed by atoms with Crippen LogP contribution in [-0.4, -0.2) is 18.5 Å². The first-order valence-electron chi connectivity index (χ1n) is 6.88. The van der Waals surface area contributed by atoms with Crippen LogP contribution in [0.5, 0.6) is 0 Å². The first kappa shape index (κ1) is 19.1. The molecular formula is C15H17Cl3O4. The summed E-state index contributed by atoms with van der Waals surface area (Å²) in [5.41, 5.74) is 0.503. The topological polar surface area (TPSA) is 52.6 Å². The number of ether oxygens (including phenoxy) is 2. The highest BCUT2D eigenvalue weighted by molar-refractivity contribution is 6.39. The highest BCUT2D eigenvalue weighted by Gasteiger charge is 2.12. The standard InChI is InChI=1S/C15H17Cl3O4/c1-2-6-21-14(19)4-3-5-15(20)22-9-11-12(17)7-10(16)8-13(11)18/h7-8H,2-6,9H2,1H3. The monoisotopic (exact) mass is 366 g/mol. The second-order valence-electron chi connectivity index (χ2n) is 4.58. The smallest absolute Gasteiger partial charge is 0.306 e. The van der Waals surface area contributed by atoms with E-state index in [4.69, 9.17) is 44.3 Å². The Labute approximate surface area is 144 Å². The molecule has 0 unspecified atom stereocenters. The van der Waals surface area contributed by atoms with Crippen LogP contribution in [0.2, 0.25) is 15.1 Å². The fourth-order valence-electron chi connectivity index (χ4n) is 1.60. The molecule has 0 aliphatic heterocycles. The summed E-state index contributed by atoms with van der Waals surface area (Å²) in [5.74, 6) is -0.733. The van der Waals surface area contributed by atoms with Crippen molar-refractivity contribution in [2.24, 2.45) is 0 Å². The maximum Gasteiger partial charge on any atom is 0.306 e. The van der Waals surface area contributed by atoms with Gasteiger partial charge in [0.15, 0.2) is 0 Å². The van der Waals surface area contributed by atoms with Crippen molar-refractivity contribution >= 4 is 46.7 Å². The lowest BCUT2D eigenvalue weighted by atomic mass is 10.2. The van der Waals surface area contributed by atoms with Gasteiger partial charge in [0, 0.05) is 23.4 Å². The Kier molecular flexibility index (Phi) is 8.61. The minimum absolute atomic E-state index is 0.0338. The maximum absolute atomic E-state index is 11.6. The van der Waals surface area contributed by atoms with Gasteiger partial charge in [0.25, 0.3) is 0 Å². The highest BCUT2D eigenvalue weighted by Crippen LogP contribution is 2.29. The minimum Gasteiger partial charge on any atom is -0.466 e. The number of halogens is 3. The predicted molar refractivity (Wildman–Crippen MR) is 86.4 cm³/mol. The van der Waals surface area contributed by atoms with Gasteiger partial charge in [-0.1, -0.05) is 41.7 Å². The molecule has 0 saturated carbocycles. The van der Waals surface area contributed by atoms with Crippen molar-refractivity contribution in [3.05, 3.63) is 32.8 Å². The van der Waals surface area contributed by atoms with E-state index in [0.29, 0.717) is 33.7 Å². The van der Waals surface area contributed by atoms with Crippen LogP contribution in [0, 0.1) is 0 Å². The van der Waals surface area contributed by atoms with E-state index in [0.717, 1.165) is 6.42 Å². The summed E-state index contributed by atoms with van der Waals surface area (Å²) < 4.78 is 10.00. The first-order valence-corrected chi connectivity index (χ1v) is 8.02. The van der Waals surface area contributed by atoms with Crippen molar-refractivity contribution in [3.63, 3.8) is 0 Å². The van der Waals surface area contributed by atoms with E-state index >= 15 is 0 Å². The Morgan fingerprint density at radius 2 is 1.55 bits per heavy atom. The largest absolute Gasteiger partial charge is 0.466 e. The number of hydrogen-bond acceptors (Lipinski definition) is 4. The molecule has 0 heterocycles. The molecule has 4 nitrogen and oxygen atoms in total. The van der Waals surface area contributed by atoms with Gasteiger partial charge in [-0.05, 0) is 25.0 Å². The van der Waals surface area contributed by atoms with E-state index in [9.17, 15) is 9.59 Å². The maximum atomic E-state index is 11.6. The van der Waals surface area contributed by atoms with Gasteiger partial charge in [-0.2, -0.15) is 0 Å². The normalized spacial score (nSPS) is 10.4. The zero-order valence-electron chi connectivity index (χ0n) is 12.2. The molecule has 22 heavy (non-hydrogen) atoms. The van der Waals surface area contributed by atoms with Gasteiger partial charge in [0.1, 0.15) is 6.61 Å². The molecule has 0 aromatic heterocycles. The summed E-state index contributed by atoms with van der Waals surface area (Å²) in [6, 6.07) is 3.06. The van der Waals surface area contributed by atoms with E-state index in [1.165, 1.54) is 12.1 Å². The Hall–Kier alpha value is -0.970. The van der Waals surface area contributed by atoms with Crippen molar-refractivity contribution in [1.29, 1.82) is 0 Å². The van der Waals surface area contributed by atoms with Crippen molar-refractivity contribution in [2.45, 2.75) is 39.2 Å². The second-order valence-corrected chi connectivity index (χ2v) is 5.83. The van der Waals surface area contributed by atoms with Crippen molar-refractivity contribution in [1.82, 2.24) is 0 Å². The van der Waals surface area contributed by atoms with Gasteiger partial charge < -0.3 is 9.47 Å². The van der Waals surface area contributed by atoms with Gasteiger partial charge in [-0.15, -0.1) is 0 Å². The van der Waals surface area contributed by atoms with E-state index < -0.39 is 5.97 Å². The van der Waals surface area contributed by atoms with Gasteiger partial charge >= 0.3 is 11.9 Å². The summed E-state index contributed by atoms with van der Waals surface area (Å²) in [4.78, 5) is 22.9. The third kappa shape index (κ3) is 6.86. The Bertz CT molecular complexity index is 509. The van der Waals surface area contributed by atoms with Crippen LogP contribution in [0.4, 0.5) is 0 Å². The molecule has 1 aromatic rings. The zero-order valence-corrected chi connectivity index (χ0v) is 14.4. The minimum atomic E-state index is -0.426. The summed E-state index contributed by atoms with van der Waals surface area (Å²) in [5, 5.41) is 1.09. The van der Waals surface area contributed by atoms with E-state index in [-0.39, 0.29) is 25.4 Å². The predicted octanol–water partition coefficient (Wildman–Crippen LogP) is 4.81. The summed E-state index contributed by atoms with van der Waals surface area (Å²) in [6.45, 7) is 2.28. The van der Waals surface area contributed by atoms with Crippen molar-refractivity contribution in [3.8, 4) is 0 Å². The quantitative estimate of drug-likeness (QED) is 0.618. The molecule has 1 rings (SSSR count). The van der Waals surface area contributed by atoms with Crippen LogP contribution in [0.25, 0.3) is 0 Å². The van der Waals surface area contributed by atoms with Crippen LogP contribution < -0.4 is 0 Å². The highest BCUT2D eigenvalue weighted by atomic mass is 35.5. The van der Waals surface area contributed by atoms with Crippen LogP contribution >= 0.6 is 34.8 Å². The van der Waals surface area contributed by atoms with Crippen molar-refractivity contribution < 1.29 is 19.1 Å². The molecule has 0 N–H and O–H groups in total. The van der Waals surface area contributed by atoms with Gasteiger partial charge in [0.2, 0.25) is 0 Å². The molecular weight excluding hydrogens is 351 g/mol. The lowest BCUT2D eigenvalue weighted by Crippen LogP contribution is -2.08. The number of carbonyl (C=O) groups excluding carboxylic acids is 2. The molecule has 0 fully saturated rings. The lowest BCUT2D eigenvalue weighted by Gasteiger charge is -2.09. The van der Waals surface area contributed by atoms with Crippen molar-refractivity contribution in [2.75, 3.05) is 6.61 Å². The SMILES string of the molecule is CCCOC(=O)CCCC(=O)OCc1c(Cl)cc(Cl)cc1Cl. The molecule has 0 bridgehead atoms. The molecule has 1 aromatic carbocycles. The fraction of sp³-hybridized carbons (Fsp3) is 0.467. The second kappa shape index (κ2) is 9.93. The number of hydrogen-bond donors (Lipinski definition) is 0. The first-order chi connectivity index (χ1) is 10.4. The molecule has 122 valence electrons. The Morgan fingerprint density at radius 1 is 1.00 bits per heavy atom. The summed E-state index contributed by atoms with van der Waals surface area (Å²) in [6.07, 6.45) is 1.47. The third-order valence-electron chi connectivity index (χ3n) is 2.71. The lowest BCUT2D eigenvalue weighted by molar-refractivity contribution is -0.146. The molecule has 0 radical (unpaired) electrons. The number of benzene rings is 1. The van der Waals surface area contributed by atoms with Crippen LogP contribution in [0.15, 0.2) is 12.1 Å². The van der Waals surface area contributed by atoms with Crippen LogP contribution in [0.3, 0.4) is 0 Å². The summed E-state index contributed by atoms with van der Waals surface area (Å²) >= 11 is 17.8. The van der Waals surface area contributed by atoms with E-state index in [2.05, 4.69) is 0 Å². The average molecular weight is 368 g/mol. The molecule has 7 heteroatoms. The Balaban J connectivity index is 2.33. The van der Waals surface area contributed by atoms with Crippen LogP contribution in [0.1, 0.15) is 38.2 Å². The molecule has 0 atom stereocenters. The van der Waals surface area contributed by atoms with Crippen LogP contribution in [-0.2, 0) is 25.7 Å². The average Bonchev–Trinajstić information content (AvgIpc) is 2.43. The molecule has 0 saturated heterocycles. The van der Waals surface area contributed by atoms with E-state index in [1.807, 2.05) is 6.92 Å². The summed E-state index contributed by atoms with van der Waals surface area (Å²) in [7, 11) is 0. The van der Waals surface area contributed by atoms with Gasteiger partial charge in [0.05, 0.1) is 16.7 Å². The fourth-order valence-corrected chi connectivity index (χ4v) is 2.53. The van der Waals surface area contributed by atoms with E-state index in [1.54, 1.807) is 0 Å².